The van der Waals surface area contributed by atoms with Crippen molar-refractivity contribution in [3.05, 3.63) is 54.0 Å². The van der Waals surface area contributed by atoms with E-state index in [-0.39, 0.29) is 35.9 Å². The van der Waals surface area contributed by atoms with Gasteiger partial charge in [0.25, 0.3) is 5.91 Å². The van der Waals surface area contributed by atoms with Gasteiger partial charge in [-0.25, -0.2) is 0 Å². The molecule has 0 saturated carbocycles. The normalized spacial score (nSPS) is 16.2. The van der Waals surface area contributed by atoms with Gasteiger partial charge >= 0.3 is 0 Å². The third-order valence-electron chi connectivity index (χ3n) is 3.85. The maximum Gasteiger partial charge on any atom is 0.291 e. The lowest BCUT2D eigenvalue weighted by molar-refractivity contribution is -0.124. The topological polar surface area (TPSA) is 83.4 Å². The number of anilines is 1. The minimum atomic E-state index is -0.287. The molecule has 1 atom stereocenters. The molecule has 1 saturated heterocycles. The first-order valence-corrected chi connectivity index (χ1v) is 7.64. The van der Waals surface area contributed by atoms with Crippen LogP contribution in [0.3, 0.4) is 0 Å². The molecular formula is C17H20ClN3O3. The Labute approximate surface area is 146 Å². The van der Waals surface area contributed by atoms with E-state index in [0.29, 0.717) is 12.2 Å². The minimum absolute atomic E-state index is 0. The summed E-state index contributed by atoms with van der Waals surface area (Å²) < 4.78 is 5.04. The van der Waals surface area contributed by atoms with E-state index in [9.17, 15) is 9.59 Å². The SMILES string of the molecule is Cl.O=C(Nc1ccc(CNC(=O)C2CCNC2)cc1)c1ccco1. The van der Waals surface area contributed by atoms with Crippen molar-refractivity contribution in [2.75, 3.05) is 18.4 Å². The van der Waals surface area contributed by atoms with Crippen LogP contribution in [0.4, 0.5) is 5.69 Å². The maximum atomic E-state index is 11.9. The van der Waals surface area contributed by atoms with Crippen LogP contribution in [0.2, 0.25) is 0 Å². The minimum Gasteiger partial charge on any atom is -0.459 e. The molecule has 1 aromatic carbocycles. The van der Waals surface area contributed by atoms with Crippen molar-refractivity contribution in [2.45, 2.75) is 13.0 Å². The first kappa shape index (κ1) is 18.0. The van der Waals surface area contributed by atoms with Crippen LogP contribution in [0.5, 0.6) is 0 Å². The summed E-state index contributed by atoms with van der Waals surface area (Å²) in [6.45, 7) is 2.15. The van der Waals surface area contributed by atoms with E-state index in [1.54, 1.807) is 24.3 Å². The molecule has 7 heteroatoms. The molecular weight excluding hydrogens is 330 g/mol. The second-order valence-corrected chi connectivity index (χ2v) is 5.54. The Morgan fingerprint density at radius 1 is 1.21 bits per heavy atom. The lowest BCUT2D eigenvalue weighted by atomic mass is 10.1. The summed E-state index contributed by atoms with van der Waals surface area (Å²) in [7, 11) is 0. The first-order chi connectivity index (χ1) is 11.2. The quantitative estimate of drug-likeness (QED) is 0.772. The summed E-state index contributed by atoms with van der Waals surface area (Å²) in [4.78, 5) is 23.8. The Bertz CT molecular complexity index is 665. The van der Waals surface area contributed by atoms with Gasteiger partial charge < -0.3 is 20.4 Å². The van der Waals surface area contributed by atoms with Crippen molar-refractivity contribution in [3.63, 3.8) is 0 Å². The molecule has 2 amide bonds. The number of carbonyl (C=O) groups is 2. The van der Waals surface area contributed by atoms with Crippen molar-refractivity contribution in [1.82, 2.24) is 10.6 Å². The van der Waals surface area contributed by atoms with Gasteiger partial charge in [-0.15, -0.1) is 12.4 Å². The van der Waals surface area contributed by atoms with Crippen LogP contribution < -0.4 is 16.0 Å². The third-order valence-corrected chi connectivity index (χ3v) is 3.85. The predicted molar refractivity (Wildman–Crippen MR) is 93.2 cm³/mol. The molecule has 128 valence electrons. The first-order valence-electron chi connectivity index (χ1n) is 7.64. The van der Waals surface area contributed by atoms with Gasteiger partial charge in [0.05, 0.1) is 12.2 Å². The highest BCUT2D eigenvalue weighted by Crippen LogP contribution is 2.12. The number of hydrogen-bond acceptors (Lipinski definition) is 4. The summed E-state index contributed by atoms with van der Waals surface area (Å²) in [6.07, 6.45) is 2.35. The number of furan rings is 1. The summed E-state index contributed by atoms with van der Waals surface area (Å²) in [5.74, 6) is 0.142. The van der Waals surface area contributed by atoms with Crippen molar-refractivity contribution < 1.29 is 14.0 Å². The van der Waals surface area contributed by atoms with E-state index in [0.717, 1.165) is 25.1 Å². The van der Waals surface area contributed by atoms with E-state index in [1.165, 1.54) is 6.26 Å². The fraction of sp³-hybridized carbons (Fsp3) is 0.294. The Hall–Kier alpha value is -2.31. The molecule has 6 nitrogen and oxygen atoms in total. The average molecular weight is 350 g/mol. The van der Waals surface area contributed by atoms with Crippen LogP contribution in [-0.2, 0) is 11.3 Å². The molecule has 1 unspecified atom stereocenters. The van der Waals surface area contributed by atoms with Crippen LogP contribution in [-0.4, -0.2) is 24.9 Å². The molecule has 3 rings (SSSR count). The Morgan fingerprint density at radius 2 is 2.00 bits per heavy atom. The molecule has 0 spiro atoms. The van der Waals surface area contributed by atoms with Gasteiger partial charge in [0.2, 0.25) is 5.91 Å². The number of amides is 2. The van der Waals surface area contributed by atoms with Crippen molar-refractivity contribution in [3.8, 4) is 0 Å². The van der Waals surface area contributed by atoms with Crippen molar-refractivity contribution in [2.24, 2.45) is 5.92 Å². The number of nitrogens with one attached hydrogen (secondary N) is 3. The van der Waals surface area contributed by atoms with Crippen LogP contribution in [0.1, 0.15) is 22.5 Å². The van der Waals surface area contributed by atoms with Gasteiger partial charge in [0, 0.05) is 18.8 Å². The zero-order valence-electron chi connectivity index (χ0n) is 13.1. The van der Waals surface area contributed by atoms with Gasteiger partial charge in [-0.2, -0.15) is 0 Å². The second-order valence-electron chi connectivity index (χ2n) is 5.54. The van der Waals surface area contributed by atoms with Gasteiger partial charge in [-0.05, 0) is 42.8 Å². The second kappa shape index (κ2) is 8.52. The Morgan fingerprint density at radius 3 is 2.62 bits per heavy atom. The Balaban J connectivity index is 0.00000208. The molecule has 2 aromatic rings. The summed E-state index contributed by atoms with van der Waals surface area (Å²) in [5.41, 5.74) is 1.67. The van der Waals surface area contributed by atoms with Crippen molar-refractivity contribution in [1.29, 1.82) is 0 Å². The lowest BCUT2D eigenvalue weighted by Crippen LogP contribution is -2.31. The third kappa shape index (κ3) is 4.59. The van der Waals surface area contributed by atoms with Crippen LogP contribution in [0.25, 0.3) is 0 Å². The monoisotopic (exact) mass is 349 g/mol. The summed E-state index contributed by atoms with van der Waals surface area (Å²) in [5, 5.41) is 8.87. The Kier molecular flexibility index (Phi) is 6.40. The number of carbonyl (C=O) groups excluding carboxylic acids is 2. The molecule has 2 heterocycles. The van der Waals surface area contributed by atoms with Gasteiger partial charge in [0.1, 0.15) is 0 Å². The molecule has 1 aromatic heterocycles. The smallest absolute Gasteiger partial charge is 0.291 e. The van der Waals surface area contributed by atoms with Gasteiger partial charge in [-0.1, -0.05) is 12.1 Å². The summed E-state index contributed by atoms with van der Waals surface area (Å²) in [6, 6.07) is 10.6. The van der Waals surface area contributed by atoms with E-state index in [1.807, 2.05) is 12.1 Å². The zero-order valence-corrected chi connectivity index (χ0v) is 13.9. The largest absolute Gasteiger partial charge is 0.459 e. The number of halogens is 1. The van der Waals surface area contributed by atoms with Crippen LogP contribution in [0, 0.1) is 5.92 Å². The molecule has 24 heavy (non-hydrogen) atoms. The fourth-order valence-corrected chi connectivity index (χ4v) is 2.52. The van der Waals surface area contributed by atoms with Gasteiger partial charge in [0.15, 0.2) is 5.76 Å². The van der Waals surface area contributed by atoms with Crippen LogP contribution >= 0.6 is 12.4 Å². The lowest BCUT2D eigenvalue weighted by Gasteiger charge is -2.10. The zero-order chi connectivity index (χ0) is 16.1. The molecule has 3 N–H and O–H groups in total. The highest BCUT2D eigenvalue weighted by Gasteiger charge is 2.21. The molecule has 1 aliphatic heterocycles. The van der Waals surface area contributed by atoms with E-state index in [2.05, 4.69) is 16.0 Å². The number of rotatable bonds is 5. The van der Waals surface area contributed by atoms with Gasteiger partial charge in [-0.3, -0.25) is 9.59 Å². The average Bonchev–Trinajstić information content (AvgIpc) is 3.27. The number of benzene rings is 1. The molecule has 0 aliphatic carbocycles. The van der Waals surface area contributed by atoms with E-state index in [4.69, 9.17) is 4.42 Å². The fourth-order valence-electron chi connectivity index (χ4n) is 2.52. The van der Waals surface area contributed by atoms with Crippen LogP contribution in [0.15, 0.2) is 47.1 Å². The highest BCUT2D eigenvalue weighted by molar-refractivity contribution is 6.02. The number of hydrogen-bond donors (Lipinski definition) is 3. The van der Waals surface area contributed by atoms with E-state index < -0.39 is 0 Å². The standard InChI is InChI=1S/C17H19N3O3.ClH/c21-16(13-7-8-18-11-13)19-10-12-3-5-14(6-4-12)20-17(22)15-2-1-9-23-15;/h1-6,9,13,18H,7-8,10-11H2,(H,19,21)(H,20,22);1H. The molecule has 0 radical (unpaired) electrons. The molecule has 0 bridgehead atoms. The van der Waals surface area contributed by atoms with E-state index >= 15 is 0 Å². The maximum absolute atomic E-state index is 11.9. The summed E-state index contributed by atoms with van der Waals surface area (Å²) >= 11 is 0. The predicted octanol–water partition coefficient (Wildman–Crippen LogP) is 2.18. The highest BCUT2D eigenvalue weighted by atomic mass is 35.5. The van der Waals surface area contributed by atoms with Crippen molar-refractivity contribution >= 4 is 29.9 Å². The molecule has 1 aliphatic rings. The molecule has 1 fully saturated rings.